The number of hydrogen-bond donors (Lipinski definition) is 0. The van der Waals surface area contributed by atoms with E-state index in [0.717, 1.165) is 22.1 Å². The van der Waals surface area contributed by atoms with Gasteiger partial charge < -0.3 is 4.42 Å². The fourth-order valence-corrected chi connectivity index (χ4v) is 2.93. The normalized spacial score (nSPS) is 11.2. The van der Waals surface area contributed by atoms with Crippen molar-refractivity contribution in [2.45, 2.75) is 0 Å². The lowest BCUT2D eigenvalue weighted by Crippen LogP contribution is -2.02. The van der Waals surface area contributed by atoms with E-state index in [-0.39, 0.29) is 5.63 Å². The summed E-state index contributed by atoms with van der Waals surface area (Å²) in [7, 11) is 0. The zero-order valence-corrected chi connectivity index (χ0v) is 13.6. The average molecular weight is 324 g/mol. The zero-order chi connectivity index (χ0) is 17.1. The molecule has 0 saturated carbocycles. The van der Waals surface area contributed by atoms with Crippen LogP contribution in [0, 0.1) is 0 Å². The van der Waals surface area contributed by atoms with Crippen LogP contribution in [-0.4, -0.2) is 0 Å². The van der Waals surface area contributed by atoms with E-state index in [2.05, 4.69) is 0 Å². The lowest BCUT2D eigenvalue weighted by molar-refractivity contribution is 0.534. The first kappa shape index (κ1) is 15.2. The molecule has 0 amide bonds. The highest BCUT2D eigenvalue weighted by Gasteiger charge is 2.13. The van der Waals surface area contributed by atoms with Crippen LogP contribution in [0.15, 0.2) is 94.1 Å². The number of fused-ring (bicyclic) bond motifs is 1. The van der Waals surface area contributed by atoms with Gasteiger partial charge in [-0.25, -0.2) is 4.79 Å². The van der Waals surface area contributed by atoms with Crippen molar-refractivity contribution in [3.05, 3.63) is 106 Å². The smallest absolute Gasteiger partial charge is 0.344 e. The predicted octanol–water partition coefficient (Wildman–Crippen LogP) is 5.63. The summed E-state index contributed by atoms with van der Waals surface area (Å²) < 4.78 is 5.69. The van der Waals surface area contributed by atoms with E-state index in [4.69, 9.17) is 4.42 Å². The molecule has 1 aromatic heterocycles. The fourth-order valence-electron chi connectivity index (χ4n) is 2.93. The third-order valence-electron chi connectivity index (χ3n) is 4.15. The Morgan fingerprint density at radius 3 is 1.96 bits per heavy atom. The number of benzene rings is 3. The minimum absolute atomic E-state index is 0.314. The van der Waals surface area contributed by atoms with E-state index < -0.39 is 0 Å². The molecule has 4 rings (SSSR count). The van der Waals surface area contributed by atoms with Crippen LogP contribution in [0.2, 0.25) is 0 Å². The monoisotopic (exact) mass is 324 g/mol. The molecule has 2 heteroatoms. The van der Waals surface area contributed by atoms with E-state index in [1.54, 1.807) is 6.07 Å². The molecule has 3 aromatic carbocycles. The molecule has 0 atom stereocenters. The van der Waals surface area contributed by atoms with Crippen molar-refractivity contribution in [2.75, 3.05) is 0 Å². The minimum atomic E-state index is -0.314. The minimum Gasteiger partial charge on any atom is -0.422 e. The average Bonchev–Trinajstić information content (AvgIpc) is 2.69. The molecule has 0 unspecified atom stereocenters. The van der Waals surface area contributed by atoms with Crippen LogP contribution in [0.25, 0.3) is 34.2 Å². The maximum absolute atomic E-state index is 12.4. The third-order valence-corrected chi connectivity index (χ3v) is 4.15. The van der Waals surface area contributed by atoms with E-state index in [1.165, 1.54) is 0 Å². The van der Waals surface area contributed by atoms with Crippen molar-refractivity contribution in [2.24, 2.45) is 0 Å². The van der Waals surface area contributed by atoms with Crippen molar-refractivity contribution in [1.82, 2.24) is 0 Å². The van der Waals surface area contributed by atoms with Crippen molar-refractivity contribution in [3.8, 4) is 11.3 Å². The van der Waals surface area contributed by atoms with Gasteiger partial charge in [0, 0.05) is 11.1 Å². The summed E-state index contributed by atoms with van der Waals surface area (Å²) in [5.41, 5.74) is 2.58. The molecule has 0 radical (unpaired) electrons. The second-order valence-corrected chi connectivity index (χ2v) is 5.79. The molecule has 25 heavy (non-hydrogen) atoms. The van der Waals surface area contributed by atoms with Crippen molar-refractivity contribution in [3.63, 3.8) is 0 Å². The summed E-state index contributed by atoms with van der Waals surface area (Å²) in [6.07, 6.45) is 4.05. The molecule has 0 N–H and O–H groups in total. The van der Waals surface area contributed by atoms with Gasteiger partial charge in [-0.2, -0.15) is 0 Å². The third kappa shape index (κ3) is 3.02. The summed E-state index contributed by atoms with van der Waals surface area (Å²) in [5.74, 6) is 0.594. The molecule has 0 aliphatic rings. The van der Waals surface area contributed by atoms with Crippen LogP contribution in [0.4, 0.5) is 0 Å². The van der Waals surface area contributed by atoms with E-state index in [0.29, 0.717) is 11.1 Å². The topological polar surface area (TPSA) is 30.2 Å². The second-order valence-electron chi connectivity index (χ2n) is 5.79. The highest BCUT2D eigenvalue weighted by atomic mass is 16.4. The Balaban J connectivity index is 1.98. The van der Waals surface area contributed by atoms with Crippen molar-refractivity contribution >= 4 is 22.9 Å². The molecule has 2 nitrogen and oxygen atoms in total. The largest absolute Gasteiger partial charge is 0.422 e. The Labute approximate surface area is 145 Å². The molecule has 0 bridgehead atoms. The van der Waals surface area contributed by atoms with E-state index in [1.807, 2.05) is 91.0 Å². The molecular formula is C23H16O2. The highest BCUT2D eigenvalue weighted by Crippen LogP contribution is 2.29. The SMILES string of the molecule is O=c1oc(-c2ccccc2)c(/C=C/c2ccccc2)c2ccccc12. The molecule has 0 saturated heterocycles. The van der Waals surface area contributed by atoms with Crippen molar-refractivity contribution < 1.29 is 4.42 Å². The Morgan fingerprint density at radius 1 is 0.640 bits per heavy atom. The van der Waals surface area contributed by atoms with Crippen LogP contribution in [0.5, 0.6) is 0 Å². The first-order chi connectivity index (χ1) is 12.3. The van der Waals surface area contributed by atoms with Gasteiger partial charge in [-0.05, 0) is 23.1 Å². The molecule has 0 aliphatic heterocycles. The number of rotatable bonds is 3. The van der Waals surface area contributed by atoms with Crippen LogP contribution < -0.4 is 5.63 Å². The van der Waals surface area contributed by atoms with Gasteiger partial charge in [0.05, 0.1) is 5.39 Å². The molecule has 1 heterocycles. The summed E-state index contributed by atoms with van der Waals surface area (Å²) in [6.45, 7) is 0. The lowest BCUT2D eigenvalue weighted by atomic mass is 10.00. The van der Waals surface area contributed by atoms with Gasteiger partial charge in [-0.1, -0.05) is 84.9 Å². The molecule has 4 aromatic rings. The van der Waals surface area contributed by atoms with Crippen LogP contribution in [0.1, 0.15) is 11.1 Å². The summed E-state index contributed by atoms with van der Waals surface area (Å²) in [6, 6.07) is 27.4. The van der Waals surface area contributed by atoms with Gasteiger partial charge in [-0.3, -0.25) is 0 Å². The van der Waals surface area contributed by atoms with Crippen LogP contribution in [-0.2, 0) is 0 Å². The van der Waals surface area contributed by atoms with Crippen LogP contribution >= 0.6 is 0 Å². The van der Waals surface area contributed by atoms with Crippen LogP contribution in [0.3, 0.4) is 0 Å². The summed E-state index contributed by atoms with van der Waals surface area (Å²) in [4.78, 5) is 12.4. The van der Waals surface area contributed by atoms with E-state index >= 15 is 0 Å². The maximum Gasteiger partial charge on any atom is 0.344 e. The first-order valence-electron chi connectivity index (χ1n) is 8.17. The van der Waals surface area contributed by atoms with Gasteiger partial charge in [0.2, 0.25) is 0 Å². The zero-order valence-electron chi connectivity index (χ0n) is 13.6. The molecular weight excluding hydrogens is 308 g/mol. The summed E-state index contributed by atoms with van der Waals surface area (Å²) >= 11 is 0. The molecule has 0 aliphatic carbocycles. The van der Waals surface area contributed by atoms with Crippen molar-refractivity contribution in [1.29, 1.82) is 0 Å². The standard InChI is InChI=1S/C23H16O2/c24-23-21-14-8-7-13-19(21)20(16-15-17-9-3-1-4-10-17)22(25-23)18-11-5-2-6-12-18/h1-16H/b16-15+. The van der Waals surface area contributed by atoms with Gasteiger partial charge in [-0.15, -0.1) is 0 Å². The van der Waals surface area contributed by atoms with Gasteiger partial charge >= 0.3 is 5.63 Å². The quantitative estimate of drug-likeness (QED) is 0.489. The number of hydrogen-bond acceptors (Lipinski definition) is 2. The maximum atomic E-state index is 12.4. The first-order valence-corrected chi connectivity index (χ1v) is 8.17. The lowest BCUT2D eigenvalue weighted by Gasteiger charge is -2.08. The Morgan fingerprint density at radius 2 is 1.24 bits per heavy atom. The Kier molecular flexibility index (Phi) is 4.01. The fraction of sp³-hybridized carbons (Fsp3) is 0. The van der Waals surface area contributed by atoms with Gasteiger partial charge in [0.1, 0.15) is 5.76 Å². The van der Waals surface area contributed by atoms with Gasteiger partial charge in [0.15, 0.2) is 0 Å². The highest BCUT2D eigenvalue weighted by molar-refractivity contribution is 5.96. The molecule has 0 fully saturated rings. The molecule has 120 valence electrons. The van der Waals surface area contributed by atoms with E-state index in [9.17, 15) is 4.79 Å². The predicted molar refractivity (Wildman–Crippen MR) is 103 cm³/mol. The Hall–Kier alpha value is -3.39. The summed E-state index contributed by atoms with van der Waals surface area (Å²) in [5, 5.41) is 1.49. The second kappa shape index (κ2) is 6.62. The molecule has 0 spiro atoms. The van der Waals surface area contributed by atoms with Gasteiger partial charge in [0.25, 0.3) is 0 Å². The Bertz CT molecular complexity index is 1090.